The summed E-state index contributed by atoms with van der Waals surface area (Å²) in [6.07, 6.45) is 0.951. The van der Waals surface area contributed by atoms with E-state index in [4.69, 9.17) is 0 Å². The number of methoxy groups -OCH3 is 1. The highest BCUT2D eigenvalue weighted by Crippen LogP contribution is 2.21. The van der Waals surface area contributed by atoms with Crippen LogP contribution in [0, 0.1) is 5.92 Å². The molecule has 0 saturated carbocycles. The molecule has 1 aliphatic rings. The van der Waals surface area contributed by atoms with Crippen molar-refractivity contribution in [2.24, 2.45) is 5.92 Å². The van der Waals surface area contributed by atoms with E-state index >= 15 is 0 Å². The zero-order chi connectivity index (χ0) is 13.1. The van der Waals surface area contributed by atoms with E-state index in [0.29, 0.717) is 25.9 Å². The molecular weight excluding hydrogens is 248 g/mol. The van der Waals surface area contributed by atoms with Crippen molar-refractivity contribution < 1.29 is 22.8 Å². The van der Waals surface area contributed by atoms with Crippen molar-refractivity contribution in [1.29, 1.82) is 0 Å². The molecule has 0 aromatic rings. The Bertz CT molecular complexity index is 362. The third kappa shape index (κ3) is 3.15. The molecule has 0 aromatic heterocycles. The van der Waals surface area contributed by atoms with Crippen LogP contribution in [0.2, 0.25) is 0 Å². The number of carbonyl (C=O) groups is 1. The minimum atomic E-state index is -3.58. The summed E-state index contributed by atoms with van der Waals surface area (Å²) >= 11 is 0. The van der Waals surface area contributed by atoms with E-state index in [9.17, 15) is 13.2 Å². The summed E-state index contributed by atoms with van der Waals surface area (Å²) in [5.74, 6) is -0.485. The standard InChI is InChI=1S/C9H18N2O5S/c1-10(16-3)17(13,14)11-6-4-8(5-7-11)9(12)15-2/h8H,4-7H2,1-3H3. The molecule has 0 amide bonds. The van der Waals surface area contributed by atoms with Gasteiger partial charge >= 0.3 is 16.2 Å². The molecule has 0 atom stereocenters. The van der Waals surface area contributed by atoms with Crippen molar-refractivity contribution in [3.63, 3.8) is 0 Å². The second kappa shape index (κ2) is 5.76. The highest BCUT2D eigenvalue weighted by atomic mass is 32.2. The molecule has 8 heteroatoms. The van der Waals surface area contributed by atoms with Crippen LogP contribution in [0.25, 0.3) is 0 Å². The van der Waals surface area contributed by atoms with Crippen molar-refractivity contribution in [1.82, 2.24) is 8.77 Å². The monoisotopic (exact) mass is 266 g/mol. The summed E-state index contributed by atoms with van der Waals surface area (Å²) in [5, 5.41) is 0. The first-order valence-electron chi connectivity index (χ1n) is 5.29. The first-order valence-corrected chi connectivity index (χ1v) is 6.69. The minimum Gasteiger partial charge on any atom is -0.469 e. The highest BCUT2D eigenvalue weighted by Gasteiger charge is 2.33. The van der Waals surface area contributed by atoms with E-state index < -0.39 is 10.2 Å². The van der Waals surface area contributed by atoms with Crippen molar-refractivity contribution in [2.45, 2.75) is 12.8 Å². The molecule has 1 rings (SSSR count). The molecule has 1 saturated heterocycles. The predicted molar refractivity (Wildman–Crippen MR) is 60.0 cm³/mol. The second-order valence-electron chi connectivity index (χ2n) is 3.80. The van der Waals surface area contributed by atoms with Crippen molar-refractivity contribution in [3.05, 3.63) is 0 Å². The largest absolute Gasteiger partial charge is 0.469 e. The minimum absolute atomic E-state index is 0.209. The van der Waals surface area contributed by atoms with Gasteiger partial charge in [-0.1, -0.05) is 4.47 Å². The third-order valence-corrected chi connectivity index (χ3v) is 4.71. The quantitative estimate of drug-likeness (QED) is 0.511. The molecule has 0 unspecified atom stereocenters. The SMILES string of the molecule is COC(=O)C1CCN(S(=O)(=O)N(C)OC)CC1. The van der Waals surface area contributed by atoms with Crippen LogP contribution in [-0.2, 0) is 24.6 Å². The number of piperidine rings is 1. The summed E-state index contributed by atoms with van der Waals surface area (Å²) in [6, 6.07) is 0. The normalized spacial score (nSPS) is 19.5. The Balaban J connectivity index is 2.61. The van der Waals surface area contributed by atoms with Crippen LogP contribution >= 0.6 is 0 Å². The lowest BCUT2D eigenvalue weighted by Gasteiger charge is -2.31. The van der Waals surface area contributed by atoms with E-state index in [-0.39, 0.29) is 11.9 Å². The molecule has 100 valence electrons. The van der Waals surface area contributed by atoms with Gasteiger partial charge in [0, 0.05) is 20.1 Å². The topological polar surface area (TPSA) is 76.2 Å². The molecule has 0 N–H and O–H groups in total. The fraction of sp³-hybridized carbons (Fsp3) is 0.889. The van der Waals surface area contributed by atoms with Gasteiger partial charge in [-0.2, -0.15) is 12.7 Å². The van der Waals surface area contributed by atoms with E-state index in [1.807, 2.05) is 0 Å². The third-order valence-electron chi connectivity index (χ3n) is 2.90. The smallest absolute Gasteiger partial charge is 0.308 e. The summed E-state index contributed by atoms with van der Waals surface area (Å²) in [7, 11) is 0.387. The van der Waals surface area contributed by atoms with Crippen LogP contribution in [-0.4, -0.2) is 57.5 Å². The molecular formula is C9H18N2O5S. The Hall–Kier alpha value is -0.700. The Morgan fingerprint density at radius 1 is 1.29 bits per heavy atom. The fourth-order valence-corrected chi connectivity index (χ4v) is 2.93. The molecule has 0 aliphatic carbocycles. The first-order chi connectivity index (χ1) is 7.93. The summed E-state index contributed by atoms with van der Waals surface area (Å²) in [5.41, 5.74) is 0. The van der Waals surface area contributed by atoms with Crippen molar-refractivity contribution in [3.8, 4) is 0 Å². The van der Waals surface area contributed by atoms with Crippen LogP contribution in [0.15, 0.2) is 0 Å². The number of hydrogen-bond acceptors (Lipinski definition) is 5. The molecule has 0 bridgehead atoms. The Morgan fingerprint density at radius 2 is 1.82 bits per heavy atom. The lowest BCUT2D eigenvalue weighted by Crippen LogP contribution is -2.46. The molecule has 1 heterocycles. The lowest BCUT2D eigenvalue weighted by molar-refractivity contribution is -0.146. The van der Waals surface area contributed by atoms with Crippen LogP contribution in [0.5, 0.6) is 0 Å². The van der Waals surface area contributed by atoms with Gasteiger partial charge in [0.1, 0.15) is 0 Å². The molecule has 17 heavy (non-hydrogen) atoms. The molecule has 0 spiro atoms. The maximum Gasteiger partial charge on any atom is 0.308 e. The number of rotatable bonds is 4. The number of ether oxygens (including phenoxy) is 1. The van der Waals surface area contributed by atoms with Gasteiger partial charge in [0.2, 0.25) is 0 Å². The van der Waals surface area contributed by atoms with Crippen LogP contribution in [0.1, 0.15) is 12.8 Å². The Kier molecular flexibility index (Phi) is 4.87. The van der Waals surface area contributed by atoms with E-state index in [1.165, 1.54) is 25.6 Å². The van der Waals surface area contributed by atoms with Gasteiger partial charge in [-0.3, -0.25) is 9.63 Å². The first kappa shape index (κ1) is 14.4. The van der Waals surface area contributed by atoms with Gasteiger partial charge in [-0.25, -0.2) is 0 Å². The zero-order valence-corrected chi connectivity index (χ0v) is 11.1. The van der Waals surface area contributed by atoms with Gasteiger partial charge in [-0.15, -0.1) is 0 Å². The molecule has 1 aliphatic heterocycles. The number of hydrogen-bond donors (Lipinski definition) is 0. The number of hydroxylamine groups is 1. The van der Waals surface area contributed by atoms with Crippen molar-refractivity contribution in [2.75, 3.05) is 34.4 Å². The molecule has 0 aromatic carbocycles. The van der Waals surface area contributed by atoms with E-state index in [0.717, 1.165) is 4.47 Å². The molecule has 0 radical (unpaired) electrons. The maximum absolute atomic E-state index is 11.9. The number of esters is 1. The van der Waals surface area contributed by atoms with E-state index in [2.05, 4.69) is 9.57 Å². The predicted octanol–water partition coefficient (Wildman–Crippen LogP) is -0.391. The summed E-state index contributed by atoms with van der Waals surface area (Å²) in [4.78, 5) is 16.0. The van der Waals surface area contributed by atoms with Crippen LogP contribution < -0.4 is 0 Å². The van der Waals surface area contributed by atoms with Gasteiger partial charge < -0.3 is 4.74 Å². The number of nitrogens with zero attached hydrogens (tertiary/aromatic N) is 2. The van der Waals surface area contributed by atoms with Crippen LogP contribution in [0.3, 0.4) is 0 Å². The van der Waals surface area contributed by atoms with Crippen molar-refractivity contribution >= 4 is 16.2 Å². The number of carbonyl (C=O) groups excluding carboxylic acids is 1. The highest BCUT2D eigenvalue weighted by molar-refractivity contribution is 7.86. The molecule has 1 fully saturated rings. The second-order valence-corrected chi connectivity index (χ2v) is 5.72. The average molecular weight is 266 g/mol. The maximum atomic E-state index is 11.9. The summed E-state index contributed by atoms with van der Waals surface area (Å²) < 4.78 is 30.5. The van der Waals surface area contributed by atoms with Gasteiger partial charge in [-0.05, 0) is 12.8 Å². The van der Waals surface area contributed by atoms with Gasteiger partial charge in [0.05, 0.1) is 20.1 Å². The van der Waals surface area contributed by atoms with E-state index in [1.54, 1.807) is 0 Å². The Labute approximate surface area is 101 Å². The van der Waals surface area contributed by atoms with Crippen LogP contribution in [0.4, 0.5) is 0 Å². The molecule has 7 nitrogen and oxygen atoms in total. The van der Waals surface area contributed by atoms with Gasteiger partial charge in [0.25, 0.3) is 0 Å². The Morgan fingerprint density at radius 3 is 2.24 bits per heavy atom. The van der Waals surface area contributed by atoms with Gasteiger partial charge in [0.15, 0.2) is 0 Å². The summed E-state index contributed by atoms with van der Waals surface area (Å²) in [6.45, 7) is 0.603. The fourth-order valence-electron chi connectivity index (χ4n) is 1.75. The average Bonchev–Trinajstić information content (AvgIpc) is 2.36. The lowest BCUT2D eigenvalue weighted by atomic mass is 9.99. The zero-order valence-electron chi connectivity index (χ0n) is 10.2.